The number of imide groups is 1. The molecule has 77 heavy (non-hydrogen) atoms. The van der Waals surface area contributed by atoms with Gasteiger partial charge in [0.25, 0.3) is 0 Å². The number of benzene rings is 3. The van der Waals surface area contributed by atoms with Crippen LogP contribution in [0.2, 0.25) is 0 Å². The van der Waals surface area contributed by atoms with Crippen LogP contribution in [0.4, 0.5) is 19.4 Å². The Morgan fingerprint density at radius 2 is 1.79 bits per heavy atom. The number of phenols is 1. The van der Waals surface area contributed by atoms with Crippen LogP contribution in [-0.2, 0) is 21.4 Å². The van der Waals surface area contributed by atoms with E-state index in [0.717, 1.165) is 32.2 Å². The van der Waals surface area contributed by atoms with Crippen molar-refractivity contribution < 1.29 is 47.6 Å². The standard InChI is InChI=1S/C56H58F2N10O9/c1-4-37-40(57)13-12-34-28-36(69)29-38(45(34)37)47-46(58)48-39(30-59-47)50(66-21-8-17-55(2,74)32-66)62-52(61-48)77-33-56-18-9-22-67(56)35(16-19-56)31-76-54(73)65-25-23-64(24-26-65)20-5-6-27-75-43-11-7-10-41-49(43)63(3)53(72)68(41)42-14-15-44(70)60-51(42)71/h1,7,10-13,28-30,35,42,69,74H,8-9,14-27,31-33H2,2-3H3,(H,60,70,71)/t35-,42?,55+,56-/m0/s1. The summed E-state index contributed by atoms with van der Waals surface area (Å²) in [6.07, 6.45) is 11.7. The lowest BCUT2D eigenvalue weighted by Crippen LogP contribution is -2.50. The number of nitrogens with one attached hydrogen (secondary N) is 1. The lowest BCUT2D eigenvalue weighted by Gasteiger charge is -2.38. The number of phenolic OH excluding ortho intramolecular Hbond substituents is 1. The summed E-state index contributed by atoms with van der Waals surface area (Å²) < 4.78 is 53.6. The van der Waals surface area contributed by atoms with Crippen molar-refractivity contribution in [2.75, 3.05) is 77.1 Å². The molecule has 0 spiro atoms. The predicted octanol–water partition coefficient (Wildman–Crippen LogP) is 5.00. The molecule has 5 aliphatic heterocycles. The number of halogens is 2. The molecule has 0 aliphatic carbocycles. The summed E-state index contributed by atoms with van der Waals surface area (Å²) in [6.45, 7) is 6.36. The van der Waals surface area contributed by atoms with Gasteiger partial charge in [0.1, 0.15) is 65.7 Å². The number of anilines is 1. The number of aliphatic hydroxyl groups is 1. The molecule has 5 aliphatic rings. The first-order valence-corrected chi connectivity index (χ1v) is 26.0. The van der Waals surface area contributed by atoms with Gasteiger partial charge in [-0.15, -0.1) is 6.42 Å². The molecule has 3 aromatic heterocycles. The molecule has 0 saturated carbocycles. The summed E-state index contributed by atoms with van der Waals surface area (Å²) in [4.78, 5) is 73.2. The van der Waals surface area contributed by atoms with Gasteiger partial charge in [0.2, 0.25) is 11.8 Å². The number of aromatic nitrogens is 5. The van der Waals surface area contributed by atoms with Crippen molar-refractivity contribution in [1.82, 2.24) is 44.1 Å². The number of imidazole rings is 1. The maximum absolute atomic E-state index is 17.2. The zero-order chi connectivity index (χ0) is 53.8. The Labute approximate surface area is 441 Å². The van der Waals surface area contributed by atoms with Crippen molar-refractivity contribution in [2.24, 2.45) is 7.05 Å². The predicted molar refractivity (Wildman–Crippen MR) is 280 cm³/mol. The van der Waals surface area contributed by atoms with E-state index < -0.39 is 34.7 Å². The third-order valence-electron chi connectivity index (χ3n) is 15.9. The SMILES string of the molecule is C#Cc1c(F)ccc2cc(O)cc(-c3ncc4c(N5CCC[C@@](C)(O)C5)nc(OC[C@@]56CCCN5[C@H](COC(=O)N5CCN(CC#CCOc7cccc8c7n(C)c(=O)n8C7CCC(=O)NC7=O)CC5)CC6)nc4c3F)c12. The van der Waals surface area contributed by atoms with Crippen molar-refractivity contribution in [1.29, 1.82) is 0 Å². The number of rotatable bonds is 11. The lowest BCUT2D eigenvalue weighted by molar-refractivity contribution is -0.135. The van der Waals surface area contributed by atoms with Crippen LogP contribution in [0.3, 0.4) is 0 Å². The number of piperazine rings is 1. The van der Waals surface area contributed by atoms with Crippen molar-refractivity contribution >= 4 is 56.4 Å². The van der Waals surface area contributed by atoms with Crippen LogP contribution in [0.15, 0.2) is 53.5 Å². The van der Waals surface area contributed by atoms with Gasteiger partial charge in [-0.3, -0.25) is 38.8 Å². The summed E-state index contributed by atoms with van der Waals surface area (Å²) in [5.41, 5.74) is -1.08. The first-order chi connectivity index (χ1) is 37.1. The Bertz CT molecular complexity index is 3540. The van der Waals surface area contributed by atoms with Crippen LogP contribution in [0.25, 0.3) is 44.0 Å². The molecule has 11 rings (SSSR count). The van der Waals surface area contributed by atoms with Gasteiger partial charge in [0, 0.05) is 75.9 Å². The molecule has 5 fully saturated rings. The summed E-state index contributed by atoms with van der Waals surface area (Å²) in [7, 11) is 1.61. The number of nitrogens with zero attached hydrogens (tertiary/aromatic N) is 9. The minimum Gasteiger partial charge on any atom is -0.508 e. The zero-order valence-corrected chi connectivity index (χ0v) is 42.8. The Morgan fingerprint density at radius 1 is 0.974 bits per heavy atom. The number of ether oxygens (including phenoxy) is 3. The number of aryl methyl sites for hydroxylation is 1. The molecule has 3 N–H and O–H groups in total. The second-order valence-electron chi connectivity index (χ2n) is 21.0. The Morgan fingerprint density at radius 3 is 2.58 bits per heavy atom. The zero-order valence-electron chi connectivity index (χ0n) is 42.8. The summed E-state index contributed by atoms with van der Waals surface area (Å²) in [5, 5.41) is 25.1. The molecular formula is C56H58F2N10O9. The average Bonchev–Trinajstić information content (AvgIpc) is 4.18. The van der Waals surface area contributed by atoms with Gasteiger partial charge in [-0.05, 0) is 94.1 Å². The van der Waals surface area contributed by atoms with Gasteiger partial charge in [0.05, 0.1) is 34.2 Å². The average molecular weight is 1050 g/mol. The monoisotopic (exact) mass is 1050 g/mol. The quantitative estimate of drug-likeness (QED) is 0.115. The minimum absolute atomic E-state index is 0.0458. The molecule has 1 unspecified atom stereocenters. The van der Waals surface area contributed by atoms with Crippen LogP contribution in [0.5, 0.6) is 17.5 Å². The number of para-hydroxylation sites is 1. The van der Waals surface area contributed by atoms with Gasteiger partial charge in [-0.25, -0.2) is 18.4 Å². The fourth-order valence-electron chi connectivity index (χ4n) is 12.1. The van der Waals surface area contributed by atoms with E-state index in [1.54, 1.807) is 37.1 Å². The molecular weight excluding hydrogens is 995 g/mol. The Hall–Kier alpha value is -7.85. The maximum Gasteiger partial charge on any atom is 0.409 e. The maximum atomic E-state index is 17.2. The van der Waals surface area contributed by atoms with E-state index in [0.29, 0.717) is 80.1 Å². The lowest BCUT2D eigenvalue weighted by atomic mass is 9.94. The molecule has 400 valence electrons. The molecule has 3 amide bonds. The highest BCUT2D eigenvalue weighted by Gasteiger charge is 2.50. The van der Waals surface area contributed by atoms with Gasteiger partial charge >= 0.3 is 17.8 Å². The number of piperidine rings is 2. The third kappa shape index (κ3) is 9.72. The smallest absolute Gasteiger partial charge is 0.409 e. The largest absolute Gasteiger partial charge is 0.508 e. The van der Waals surface area contributed by atoms with E-state index >= 15 is 8.78 Å². The van der Waals surface area contributed by atoms with E-state index in [1.165, 1.54) is 39.6 Å². The molecule has 0 radical (unpaired) electrons. The van der Waals surface area contributed by atoms with Crippen LogP contribution >= 0.6 is 0 Å². The number of pyridine rings is 1. The number of aromatic hydroxyl groups is 1. The third-order valence-corrected chi connectivity index (χ3v) is 15.9. The first-order valence-electron chi connectivity index (χ1n) is 26.0. The molecule has 3 aromatic carbocycles. The molecule has 6 aromatic rings. The molecule has 19 nitrogen and oxygen atoms in total. The van der Waals surface area contributed by atoms with Gasteiger partial charge in [0.15, 0.2) is 5.82 Å². The Kier molecular flexibility index (Phi) is 13.7. The number of hydrogen-bond donors (Lipinski definition) is 3. The van der Waals surface area contributed by atoms with E-state index in [-0.39, 0.29) is 108 Å². The fraction of sp³-hybridized carbons (Fsp3) is 0.446. The normalized spacial score (nSPS) is 23.0. The summed E-state index contributed by atoms with van der Waals surface area (Å²) in [5.74, 6) is 6.79. The highest BCUT2D eigenvalue weighted by molar-refractivity contribution is 6.03. The highest BCUT2D eigenvalue weighted by atomic mass is 19.1. The number of β-amino-alcohol motifs (C(OH)–C–C–N with tert-alkyl or cyclic N) is 1. The minimum atomic E-state index is -1.03. The van der Waals surface area contributed by atoms with Crippen LogP contribution in [0, 0.1) is 35.8 Å². The van der Waals surface area contributed by atoms with E-state index in [4.69, 9.17) is 25.6 Å². The molecule has 4 atom stereocenters. The van der Waals surface area contributed by atoms with E-state index in [2.05, 4.69) is 42.8 Å². The van der Waals surface area contributed by atoms with Crippen molar-refractivity contribution in [2.45, 2.75) is 81.5 Å². The van der Waals surface area contributed by atoms with Gasteiger partial charge < -0.3 is 34.2 Å². The van der Waals surface area contributed by atoms with E-state index in [9.17, 15) is 29.4 Å². The summed E-state index contributed by atoms with van der Waals surface area (Å²) in [6, 6.07) is 9.69. The van der Waals surface area contributed by atoms with Gasteiger partial charge in [-0.2, -0.15) is 9.97 Å². The van der Waals surface area contributed by atoms with Crippen LogP contribution < -0.4 is 25.4 Å². The van der Waals surface area contributed by atoms with Crippen molar-refractivity contribution in [3.63, 3.8) is 0 Å². The topological polar surface area (TPSA) is 210 Å². The molecule has 8 heterocycles. The van der Waals surface area contributed by atoms with Crippen molar-refractivity contribution in [3.05, 3.63) is 76.3 Å². The Balaban J connectivity index is 0.716. The second kappa shape index (κ2) is 20.6. The number of fused-ring (bicyclic) bond motifs is 4. The highest BCUT2D eigenvalue weighted by Crippen LogP contribution is 2.44. The van der Waals surface area contributed by atoms with Crippen LogP contribution in [-0.4, -0.2) is 156 Å². The first kappa shape index (κ1) is 51.3. The van der Waals surface area contributed by atoms with Crippen LogP contribution in [0.1, 0.15) is 69.9 Å². The summed E-state index contributed by atoms with van der Waals surface area (Å²) >= 11 is 0. The number of carbonyl (C=O) groups is 3. The number of carbonyl (C=O) groups excluding carboxylic acids is 3. The molecule has 0 bridgehead atoms. The molecule has 5 saturated heterocycles. The molecule has 21 heteroatoms. The number of hydrogen-bond acceptors (Lipinski definition) is 15. The van der Waals surface area contributed by atoms with Crippen molar-refractivity contribution in [3.8, 4) is 53.0 Å². The number of terminal acetylenes is 1. The number of amides is 3. The van der Waals surface area contributed by atoms with Gasteiger partial charge in [-0.1, -0.05) is 29.9 Å². The second-order valence-corrected chi connectivity index (χ2v) is 21.0. The van der Waals surface area contributed by atoms with E-state index in [1.807, 2.05) is 4.90 Å². The fourth-order valence-corrected chi connectivity index (χ4v) is 12.1.